The molecule has 0 bridgehead atoms. The second-order valence-corrected chi connectivity index (χ2v) is 6.72. The number of anilines is 1. The van der Waals surface area contributed by atoms with E-state index in [0.29, 0.717) is 6.42 Å². The Morgan fingerprint density at radius 3 is 2.95 bits per heavy atom. The van der Waals surface area contributed by atoms with Crippen LogP contribution in [0.4, 0.5) is 5.13 Å². The lowest BCUT2D eigenvalue weighted by Crippen LogP contribution is -2.29. The van der Waals surface area contributed by atoms with Crippen LogP contribution < -0.4 is 5.32 Å². The first-order valence-electron chi connectivity index (χ1n) is 7.79. The molecule has 0 atom stereocenters. The van der Waals surface area contributed by atoms with E-state index >= 15 is 0 Å². The van der Waals surface area contributed by atoms with Crippen molar-refractivity contribution in [3.05, 3.63) is 46.5 Å². The lowest BCUT2D eigenvalue weighted by atomic mass is 10.1. The predicted molar refractivity (Wildman–Crippen MR) is 89.9 cm³/mol. The highest BCUT2D eigenvalue weighted by Gasteiger charge is 2.21. The average molecular weight is 315 g/mol. The molecule has 0 fully saturated rings. The minimum Gasteiger partial charge on any atom is -0.302 e. The molecule has 1 aliphatic heterocycles. The van der Waals surface area contributed by atoms with Gasteiger partial charge in [0.1, 0.15) is 0 Å². The molecule has 4 nitrogen and oxygen atoms in total. The highest BCUT2D eigenvalue weighted by Crippen LogP contribution is 2.29. The number of hydrogen-bond donors (Lipinski definition) is 1. The van der Waals surface area contributed by atoms with Crippen molar-refractivity contribution < 1.29 is 4.79 Å². The molecule has 5 heteroatoms. The fourth-order valence-corrected chi connectivity index (χ4v) is 3.75. The van der Waals surface area contributed by atoms with Crippen LogP contribution in [-0.4, -0.2) is 22.3 Å². The maximum atomic E-state index is 11.7. The van der Waals surface area contributed by atoms with Gasteiger partial charge in [0.25, 0.3) is 0 Å². The molecule has 2 heterocycles. The van der Waals surface area contributed by atoms with Crippen LogP contribution in [0.2, 0.25) is 0 Å². The molecule has 116 valence electrons. The summed E-state index contributed by atoms with van der Waals surface area (Å²) >= 11 is 1.62. The monoisotopic (exact) mass is 315 g/mol. The van der Waals surface area contributed by atoms with Crippen molar-refractivity contribution in [3.63, 3.8) is 0 Å². The number of nitrogens with zero attached hydrogens (tertiary/aromatic N) is 2. The van der Waals surface area contributed by atoms with E-state index in [1.165, 1.54) is 10.4 Å². The van der Waals surface area contributed by atoms with Crippen molar-refractivity contribution in [2.75, 3.05) is 11.9 Å². The van der Waals surface area contributed by atoms with Crippen LogP contribution in [0.1, 0.15) is 35.9 Å². The smallest absolute Gasteiger partial charge is 0.226 e. The summed E-state index contributed by atoms with van der Waals surface area (Å²) in [7, 11) is 0. The molecule has 3 rings (SSSR count). The number of thiazole rings is 1. The first-order valence-corrected chi connectivity index (χ1v) is 8.61. The maximum absolute atomic E-state index is 11.7. The first kappa shape index (κ1) is 15.2. The van der Waals surface area contributed by atoms with Crippen molar-refractivity contribution >= 4 is 22.4 Å². The highest BCUT2D eigenvalue weighted by atomic mass is 32.1. The van der Waals surface area contributed by atoms with Crippen LogP contribution in [0.15, 0.2) is 30.3 Å². The predicted octanol–water partition coefficient (Wildman–Crippen LogP) is 3.44. The van der Waals surface area contributed by atoms with Crippen molar-refractivity contribution in [3.8, 4) is 0 Å². The second-order valence-electron chi connectivity index (χ2n) is 5.63. The number of carbonyl (C=O) groups is 1. The van der Waals surface area contributed by atoms with E-state index in [-0.39, 0.29) is 5.91 Å². The fourth-order valence-electron chi connectivity index (χ4n) is 2.69. The van der Waals surface area contributed by atoms with Crippen LogP contribution >= 0.6 is 11.3 Å². The number of hydrogen-bond acceptors (Lipinski definition) is 4. The van der Waals surface area contributed by atoms with Gasteiger partial charge in [-0.1, -0.05) is 37.3 Å². The molecule has 1 N–H and O–H groups in total. The molecule has 0 aliphatic carbocycles. The van der Waals surface area contributed by atoms with Gasteiger partial charge < -0.3 is 5.32 Å². The van der Waals surface area contributed by atoms with Crippen LogP contribution in [-0.2, 0) is 24.3 Å². The molecule has 1 aromatic heterocycles. The average Bonchev–Trinajstić information content (AvgIpc) is 2.90. The quantitative estimate of drug-likeness (QED) is 0.919. The number of benzene rings is 1. The molecule has 0 saturated heterocycles. The van der Waals surface area contributed by atoms with Crippen LogP contribution in [0.25, 0.3) is 0 Å². The van der Waals surface area contributed by atoms with E-state index in [9.17, 15) is 4.79 Å². The third-order valence-corrected chi connectivity index (χ3v) is 4.78. The minimum atomic E-state index is 0.0646. The Hall–Kier alpha value is -1.72. The van der Waals surface area contributed by atoms with Crippen LogP contribution in [0.3, 0.4) is 0 Å². The molecular formula is C17H21N3OS. The summed E-state index contributed by atoms with van der Waals surface area (Å²) in [5.74, 6) is 0.0646. The maximum Gasteiger partial charge on any atom is 0.226 e. The standard InChI is InChI=1S/C17H21N3OS/c1-2-6-16(21)19-17-18-14-9-10-20(12-15(14)22-17)11-13-7-4-3-5-8-13/h3-5,7-8H,2,6,9-12H2,1H3,(H,18,19,21). The van der Waals surface area contributed by atoms with Gasteiger partial charge in [-0.05, 0) is 12.0 Å². The van der Waals surface area contributed by atoms with E-state index in [2.05, 4.69) is 39.5 Å². The molecule has 2 aromatic rings. The fraction of sp³-hybridized carbons (Fsp3) is 0.412. The van der Waals surface area contributed by atoms with Gasteiger partial charge in [0.2, 0.25) is 5.91 Å². The molecule has 22 heavy (non-hydrogen) atoms. The minimum absolute atomic E-state index is 0.0646. The van der Waals surface area contributed by atoms with Crippen molar-refractivity contribution in [1.29, 1.82) is 0 Å². The molecule has 1 aliphatic rings. The Kier molecular flexibility index (Phi) is 4.85. The zero-order chi connectivity index (χ0) is 15.4. The second kappa shape index (κ2) is 7.03. The summed E-state index contributed by atoms with van der Waals surface area (Å²) in [4.78, 5) is 20.0. The molecular weight excluding hydrogens is 294 g/mol. The SMILES string of the molecule is CCCC(=O)Nc1nc2c(s1)CN(Cc1ccccc1)CC2. The summed E-state index contributed by atoms with van der Waals surface area (Å²) < 4.78 is 0. The number of aromatic nitrogens is 1. The van der Waals surface area contributed by atoms with Gasteiger partial charge in [-0.15, -0.1) is 11.3 Å². The summed E-state index contributed by atoms with van der Waals surface area (Å²) in [6.07, 6.45) is 2.38. The van der Waals surface area contributed by atoms with E-state index in [4.69, 9.17) is 0 Å². The third-order valence-electron chi connectivity index (χ3n) is 3.78. The van der Waals surface area contributed by atoms with Gasteiger partial charge in [-0.25, -0.2) is 4.98 Å². The molecule has 1 amide bonds. The Morgan fingerprint density at radius 2 is 2.18 bits per heavy atom. The lowest BCUT2D eigenvalue weighted by Gasteiger charge is -2.25. The topological polar surface area (TPSA) is 45.2 Å². The lowest BCUT2D eigenvalue weighted by molar-refractivity contribution is -0.116. The molecule has 0 spiro atoms. The van der Waals surface area contributed by atoms with Gasteiger partial charge >= 0.3 is 0 Å². The van der Waals surface area contributed by atoms with Crippen molar-refractivity contribution in [2.24, 2.45) is 0 Å². The summed E-state index contributed by atoms with van der Waals surface area (Å²) in [6.45, 7) is 4.92. The summed E-state index contributed by atoms with van der Waals surface area (Å²) in [6, 6.07) is 10.5. The highest BCUT2D eigenvalue weighted by molar-refractivity contribution is 7.15. The first-order chi connectivity index (χ1) is 10.7. The van der Waals surface area contributed by atoms with E-state index in [1.807, 2.05) is 13.0 Å². The van der Waals surface area contributed by atoms with Gasteiger partial charge in [-0.3, -0.25) is 9.69 Å². The van der Waals surface area contributed by atoms with Gasteiger partial charge in [0.15, 0.2) is 5.13 Å². The van der Waals surface area contributed by atoms with Crippen molar-refractivity contribution in [2.45, 2.75) is 39.3 Å². The van der Waals surface area contributed by atoms with Gasteiger partial charge in [-0.2, -0.15) is 0 Å². The number of amides is 1. The summed E-state index contributed by atoms with van der Waals surface area (Å²) in [5, 5.41) is 3.67. The third kappa shape index (κ3) is 3.72. The van der Waals surface area contributed by atoms with Crippen LogP contribution in [0.5, 0.6) is 0 Å². The Labute approximate surface area is 135 Å². The van der Waals surface area contributed by atoms with E-state index in [1.54, 1.807) is 11.3 Å². The molecule has 0 saturated carbocycles. The number of fused-ring (bicyclic) bond motifs is 1. The van der Waals surface area contributed by atoms with Crippen LogP contribution in [0, 0.1) is 0 Å². The Bertz CT molecular complexity index is 639. The van der Waals surface area contributed by atoms with E-state index in [0.717, 1.165) is 43.3 Å². The molecule has 0 unspecified atom stereocenters. The Morgan fingerprint density at radius 1 is 1.36 bits per heavy atom. The zero-order valence-electron chi connectivity index (χ0n) is 12.8. The summed E-state index contributed by atoms with van der Waals surface area (Å²) in [5.41, 5.74) is 2.49. The van der Waals surface area contributed by atoms with E-state index < -0.39 is 0 Å². The number of nitrogens with one attached hydrogen (secondary N) is 1. The molecule has 1 aromatic carbocycles. The van der Waals surface area contributed by atoms with Gasteiger partial charge in [0, 0.05) is 37.4 Å². The molecule has 0 radical (unpaired) electrons. The normalized spacial score (nSPS) is 14.6. The van der Waals surface area contributed by atoms with Gasteiger partial charge in [0.05, 0.1) is 5.69 Å². The largest absolute Gasteiger partial charge is 0.302 e. The number of carbonyl (C=O) groups excluding carboxylic acids is 1. The number of rotatable bonds is 5. The zero-order valence-corrected chi connectivity index (χ0v) is 13.7. The Balaban J connectivity index is 1.63. The van der Waals surface area contributed by atoms with Crippen molar-refractivity contribution in [1.82, 2.24) is 9.88 Å².